The summed E-state index contributed by atoms with van der Waals surface area (Å²) in [5, 5.41) is 31.5. The van der Waals surface area contributed by atoms with Crippen LogP contribution in [0.1, 0.15) is 5.56 Å². The number of hydrogen-bond donors (Lipinski definition) is 1. The molecule has 1 heterocycles. The van der Waals surface area contributed by atoms with Crippen LogP contribution in [0, 0.1) is 10.1 Å². The van der Waals surface area contributed by atoms with E-state index in [-0.39, 0.29) is 22.7 Å². The third-order valence-corrected chi connectivity index (χ3v) is 2.26. The molecule has 0 saturated carbocycles. The van der Waals surface area contributed by atoms with Crippen molar-refractivity contribution in [3.05, 3.63) is 40.5 Å². The number of nitro groups is 1. The Balaban J connectivity index is 2.44. The van der Waals surface area contributed by atoms with Crippen LogP contribution in [0.4, 0.5) is 5.69 Å². The zero-order valence-electron chi connectivity index (χ0n) is 9.79. The summed E-state index contributed by atoms with van der Waals surface area (Å²) in [4.78, 5) is 10.3. The number of phenols is 1. The molecule has 0 fully saturated rings. The van der Waals surface area contributed by atoms with Crippen molar-refractivity contribution in [2.75, 3.05) is 7.11 Å². The van der Waals surface area contributed by atoms with E-state index in [0.29, 0.717) is 0 Å². The first-order valence-electron chi connectivity index (χ1n) is 5.06. The highest BCUT2D eigenvalue weighted by molar-refractivity contribution is 5.86. The molecule has 0 amide bonds. The number of aromatic hydroxyl groups is 1. The number of phenolic OH excluding ortho intramolecular Hbond substituents is 1. The van der Waals surface area contributed by atoms with E-state index in [2.05, 4.69) is 15.3 Å². The maximum absolute atomic E-state index is 10.9. The number of rotatable bonds is 4. The largest absolute Gasteiger partial charge is 0.504 e. The van der Waals surface area contributed by atoms with Crippen LogP contribution < -0.4 is 4.74 Å². The fourth-order valence-electron chi connectivity index (χ4n) is 1.38. The van der Waals surface area contributed by atoms with Crippen LogP contribution in [0.5, 0.6) is 11.5 Å². The summed E-state index contributed by atoms with van der Waals surface area (Å²) in [6, 6.07) is 2.33. The molecule has 9 nitrogen and oxygen atoms in total. The van der Waals surface area contributed by atoms with Gasteiger partial charge in [0, 0.05) is 0 Å². The van der Waals surface area contributed by atoms with Gasteiger partial charge in [0.15, 0.2) is 11.5 Å². The molecule has 1 N–H and O–H groups in total. The molecular weight excluding hydrogens is 254 g/mol. The lowest BCUT2D eigenvalue weighted by Gasteiger charge is -2.04. The van der Waals surface area contributed by atoms with Crippen LogP contribution in [0.15, 0.2) is 29.9 Å². The smallest absolute Gasteiger partial charge is 0.282 e. The molecule has 0 radical (unpaired) electrons. The van der Waals surface area contributed by atoms with E-state index in [1.807, 2.05) is 0 Å². The second kappa shape index (κ2) is 5.12. The Labute approximate surface area is 106 Å². The minimum Gasteiger partial charge on any atom is -0.504 e. The van der Waals surface area contributed by atoms with Gasteiger partial charge >= 0.3 is 0 Å². The highest BCUT2D eigenvalue weighted by atomic mass is 16.6. The van der Waals surface area contributed by atoms with Gasteiger partial charge in [-0.25, -0.2) is 4.68 Å². The molecule has 0 aliphatic heterocycles. The number of benzene rings is 1. The standard InChI is InChI=1S/C10H9N5O4/c1-19-10-3-8(15(17)18)7(2-9(10)16)4-13-14-5-11-12-6-14/h2-6,16H,1H3/b13-4-. The maximum atomic E-state index is 10.9. The van der Waals surface area contributed by atoms with Gasteiger partial charge in [0.05, 0.1) is 29.9 Å². The molecule has 2 rings (SSSR count). The van der Waals surface area contributed by atoms with Gasteiger partial charge in [0.1, 0.15) is 12.7 Å². The first kappa shape index (κ1) is 12.5. The highest BCUT2D eigenvalue weighted by Gasteiger charge is 2.17. The second-order valence-corrected chi connectivity index (χ2v) is 3.43. The third kappa shape index (κ3) is 2.65. The van der Waals surface area contributed by atoms with Crippen LogP contribution in [0.3, 0.4) is 0 Å². The molecule has 9 heteroatoms. The lowest BCUT2D eigenvalue weighted by Crippen LogP contribution is -1.97. The Bertz CT molecular complexity index is 623. The van der Waals surface area contributed by atoms with Crippen molar-refractivity contribution in [2.24, 2.45) is 5.10 Å². The zero-order chi connectivity index (χ0) is 13.8. The van der Waals surface area contributed by atoms with Gasteiger partial charge in [-0.3, -0.25) is 10.1 Å². The molecule has 0 aliphatic carbocycles. The van der Waals surface area contributed by atoms with Gasteiger partial charge in [0.25, 0.3) is 5.69 Å². The van der Waals surface area contributed by atoms with Crippen molar-refractivity contribution in [1.82, 2.24) is 14.9 Å². The fourth-order valence-corrected chi connectivity index (χ4v) is 1.38. The quantitative estimate of drug-likeness (QED) is 0.495. The lowest BCUT2D eigenvalue weighted by molar-refractivity contribution is -0.385. The molecule has 0 spiro atoms. The molecule has 0 unspecified atom stereocenters. The van der Waals surface area contributed by atoms with E-state index in [1.165, 1.54) is 36.7 Å². The van der Waals surface area contributed by atoms with Crippen LogP contribution in [0.25, 0.3) is 0 Å². The minimum absolute atomic E-state index is 0.0214. The number of nitrogens with zero attached hydrogens (tertiary/aromatic N) is 5. The maximum Gasteiger partial charge on any atom is 0.282 e. The molecule has 0 bridgehead atoms. The lowest BCUT2D eigenvalue weighted by atomic mass is 10.1. The van der Waals surface area contributed by atoms with Gasteiger partial charge in [-0.1, -0.05) is 0 Å². The van der Waals surface area contributed by atoms with Crippen LogP contribution in [-0.4, -0.2) is 38.2 Å². The normalized spacial score (nSPS) is 10.8. The number of methoxy groups -OCH3 is 1. The molecule has 0 aliphatic rings. The third-order valence-electron chi connectivity index (χ3n) is 2.26. The van der Waals surface area contributed by atoms with Gasteiger partial charge in [-0.15, -0.1) is 10.2 Å². The summed E-state index contributed by atoms with van der Waals surface area (Å²) < 4.78 is 6.09. The molecule has 0 atom stereocenters. The first-order chi connectivity index (χ1) is 9.11. The number of nitro benzene ring substituents is 1. The molecular formula is C10H9N5O4. The molecule has 1 aromatic carbocycles. The number of aromatic nitrogens is 3. The van der Waals surface area contributed by atoms with E-state index in [0.717, 1.165) is 6.07 Å². The van der Waals surface area contributed by atoms with Gasteiger partial charge in [0.2, 0.25) is 0 Å². The van der Waals surface area contributed by atoms with E-state index in [4.69, 9.17) is 4.74 Å². The molecule has 98 valence electrons. The van der Waals surface area contributed by atoms with E-state index in [9.17, 15) is 15.2 Å². The van der Waals surface area contributed by atoms with E-state index < -0.39 is 4.92 Å². The predicted octanol–water partition coefficient (Wildman–Crippen LogP) is 0.783. The van der Waals surface area contributed by atoms with Crippen LogP contribution in [0.2, 0.25) is 0 Å². The van der Waals surface area contributed by atoms with Gasteiger partial charge in [-0.05, 0) is 6.07 Å². The Hall–Kier alpha value is -2.97. The van der Waals surface area contributed by atoms with Crippen molar-refractivity contribution in [3.8, 4) is 11.5 Å². The predicted molar refractivity (Wildman–Crippen MR) is 64.3 cm³/mol. The Morgan fingerprint density at radius 1 is 1.47 bits per heavy atom. The topological polar surface area (TPSA) is 116 Å². The Kier molecular flexibility index (Phi) is 3.37. The van der Waals surface area contributed by atoms with Crippen LogP contribution >= 0.6 is 0 Å². The van der Waals surface area contributed by atoms with Crippen molar-refractivity contribution in [2.45, 2.75) is 0 Å². The Morgan fingerprint density at radius 2 is 2.16 bits per heavy atom. The average Bonchev–Trinajstić information content (AvgIpc) is 2.89. The van der Waals surface area contributed by atoms with Crippen molar-refractivity contribution in [3.63, 3.8) is 0 Å². The van der Waals surface area contributed by atoms with E-state index >= 15 is 0 Å². The van der Waals surface area contributed by atoms with Gasteiger partial charge in [-0.2, -0.15) is 5.10 Å². The molecule has 1 aromatic heterocycles. The minimum atomic E-state index is -0.588. The summed E-state index contributed by atoms with van der Waals surface area (Å²) in [7, 11) is 1.31. The highest BCUT2D eigenvalue weighted by Crippen LogP contribution is 2.32. The second-order valence-electron chi connectivity index (χ2n) is 3.43. The summed E-state index contributed by atoms with van der Waals surface area (Å²) in [6.07, 6.45) is 3.87. The first-order valence-corrected chi connectivity index (χ1v) is 5.06. The molecule has 19 heavy (non-hydrogen) atoms. The molecule has 0 saturated heterocycles. The van der Waals surface area contributed by atoms with Crippen LogP contribution in [-0.2, 0) is 0 Å². The molecule has 2 aromatic rings. The SMILES string of the molecule is COc1cc([N+](=O)[O-])c(/C=N\n2cnnc2)cc1O. The zero-order valence-corrected chi connectivity index (χ0v) is 9.79. The Morgan fingerprint density at radius 3 is 2.74 bits per heavy atom. The van der Waals surface area contributed by atoms with Crippen molar-refractivity contribution >= 4 is 11.9 Å². The van der Waals surface area contributed by atoms with E-state index in [1.54, 1.807) is 0 Å². The summed E-state index contributed by atoms with van der Waals surface area (Å²) >= 11 is 0. The summed E-state index contributed by atoms with van der Waals surface area (Å²) in [5.41, 5.74) is -0.0940. The summed E-state index contributed by atoms with van der Waals surface area (Å²) in [5.74, 6) is -0.188. The fraction of sp³-hybridized carbons (Fsp3) is 0.100. The average molecular weight is 263 g/mol. The number of ether oxygens (including phenoxy) is 1. The number of hydrogen-bond acceptors (Lipinski definition) is 7. The van der Waals surface area contributed by atoms with Crippen molar-refractivity contribution < 1.29 is 14.8 Å². The van der Waals surface area contributed by atoms with Gasteiger partial charge < -0.3 is 9.84 Å². The monoisotopic (exact) mass is 263 g/mol. The van der Waals surface area contributed by atoms with Crippen molar-refractivity contribution in [1.29, 1.82) is 0 Å². The summed E-state index contributed by atoms with van der Waals surface area (Å²) in [6.45, 7) is 0.